The third-order valence-corrected chi connectivity index (χ3v) is 2.53. The second-order valence-corrected chi connectivity index (χ2v) is 3.73. The van der Waals surface area contributed by atoms with E-state index in [-0.39, 0.29) is 0 Å². The van der Waals surface area contributed by atoms with Crippen LogP contribution in [0.4, 0.5) is 0 Å². The predicted octanol–water partition coefficient (Wildman–Crippen LogP) is 3.20. The molecule has 0 atom stereocenters. The molecule has 12 heavy (non-hydrogen) atoms. The first-order chi connectivity index (χ1) is 5.37. The van der Waals surface area contributed by atoms with Crippen LogP contribution in [0.1, 0.15) is 34.6 Å². The molecule has 0 saturated carbocycles. The van der Waals surface area contributed by atoms with E-state index in [2.05, 4.69) is 53.6 Å². The van der Waals surface area contributed by atoms with E-state index in [1.165, 1.54) is 22.4 Å². The van der Waals surface area contributed by atoms with Gasteiger partial charge in [0, 0.05) is 19.8 Å². The summed E-state index contributed by atoms with van der Waals surface area (Å²) in [6, 6.07) is 0. The van der Waals surface area contributed by atoms with Crippen molar-refractivity contribution in [2.24, 2.45) is 0 Å². The van der Waals surface area contributed by atoms with Crippen LogP contribution in [0, 0.1) is 0 Å². The van der Waals surface area contributed by atoms with Crippen LogP contribution in [-0.4, -0.2) is 19.0 Å². The largest absolute Gasteiger partial charge is 0.381 e. The summed E-state index contributed by atoms with van der Waals surface area (Å²) < 4.78 is 0. The topological polar surface area (TPSA) is 3.24 Å². The molecule has 0 unspecified atom stereocenters. The first-order valence-corrected chi connectivity index (χ1v) is 4.37. The zero-order valence-corrected chi connectivity index (χ0v) is 9.45. The van der Waals surface area contributed by atoms with E-state index >= 15 is 0 Å². The summed E-state index contributed by atoms with van der Waals surface area (Å²) in [5.41, 5.74) is 5.53. The van der Waals surface area contributed by atoms with E-state index in [9.17, 15) is 0 Å². The number of allylic oxidation sites excluding steroid dienone is 4. The van der Waals surface area contributed by atoms with E-state index in [0.29, 0.717) is 0 Å². The first-order valence-electron chi connectivity index (χ1n) is 4.37. The van der Waals surface area contributed by atoms with E-state index in [0.717, 1.165) is 0 Å². The summed E-state index contributed by atoms with van der Waals surface area (Å²) in [6.07, 6.45) is 0. The highest BCUT2D eigenvalue weighted by Crippen LogP contribution is 2.17. The van der Waals surface area contributed by atoms with Gasteiger partial charge in [-0.3, -0.25) is 0 Å². The van der Waals surface area contributed by atoms with Gasteiger partial charge in [-0.2, -0.15) is 0 Å². The fourth-order valence-corrected chi connectivity index (χ4v) is 0.982. The molecule has 0 aliphatic carbocycles. The summed E-state index contributed by atoms with van der Waals surface area (Å²) in [6.45, 7) is 10.8. The maximum atomic E-state index is 2.18. The van der Waals surface area contributed by atoms with Crippen molar-refractivity contribution in [3.05, 3.63) is 22.4 Å². The van der Waals surface area contributed by atoms with Crippen LogP contribution in [0.5, 0.6) is 0 Å². The van der Waals surface area contributed by atoms with Crippen molar-refractivity contribution in [3.8, 4) is 0 Å². The lowest BCUT2D eigenvalue weighted by atomic mass is 10.0. The van der Waals surface area contributed by atoms with Gasteiger partial charge in [-0.15, -0.1) is 0 Å². The van der Waals surface area contributed by atoms with Gasteiger partial charge in [0.15, 0.2) is 0 Å². The quantitative estimate of drug-likeness (QED) is 0.571. The maximum absolute atomic E-state index is 2.18. The van der Waals surface area contributed by atoms with Crippen molar-refractivity contribution < 1.29 is 0 Å². The number of hydrogen-bond acceptors (Lipinski definition) is 1. The molecular weight excluding hydrogens is 146 g/mol. The van der Waals surface area contributed by atoms with Gasteiger partial charge in [-0.05, 0) is 45.8 Å². The SMILES string of the molecule is CC(C)=C(C)/C(C)=C(\C)N(C)C. The molecular formula is C11H21N. The van der Waals surface area contributed by atoms with Crippen LogP contribution in [0.15, 0.2) is 22.4 Å². The molecule has 0 amide bonds. The average molecular weight is 167 g/mol. The van der Waals surface area contributed by atoms with Gasteiger partial charge >= 0.3 is 0 Å². The van der Waals surface area contributed by atoms with E-state index < -0.39 is 0 Å². The highest BCUT2D eigenvalue weighted by atomic mass is 15.1. The Labute approximate surface area is 76.8 Å². The Morgan fingerprint density at radius 2 is 1.17 bits per heavy atom. The number of nitrogens with zero attached hydrogens (tertiary/aromatic N) is 1. The molecule has 0 N–H and O–H groups in total. The third kappa shape index (κ3) is 2.72. The minimum Gasteiger partial charge on any atom is -0.381 e. The van der Waals surface area contributed by atoms with E-state index in [1.54, 1.807) is 0 Å². The molecule has 0 aromatic carbocycles. The van der Waals surface area contributed by atoms with Gasteiger partial charge in [0.1, 0.15) is 0 Å². The first kappa shape index (κ1) is 11.3. The fraction of sp³-hybridized carbons (Fsp3) is 0.636. The Hall–Kier alpha value is -0.720. The van der Waals surface area contributed by atoms with Gasteiger partial charge in [-0.1, -0.05) is 5.57 Å². The predicted molar refractivity (Wildman–Crippen MR) is 56.1 cm³/mol. The second kappa shape index (κ2) is 4.34. The third-order valence-electron chi connectivity index (χ3n) is 2.53. The summed E-state index contributed by atoms with van der Waals surface area (Å²) in [5, 5.41) is 0. The monoisotopic (exact) mass is 167 g/mol. The Bertz CT molecular complexity index is 215. The molecule has 1 heteroatoms. The van der Waals surface area contributed by atoms with Gasteiger partial charge in [0.25, 0.3) is 0 Å². The van der Waals surface area contributed by atoms with Crippen LogP contribution in [0.3, 0.4) is 0 Å². The molecule has 0 spiro atoms. The van der Waals surface area contributed by atoms with Gasteiger partial charge in [0.2, 0.25) is 0 Å². The fourth-order valence-electron chi connectivity index (χ4n) is 0.982. The van der Waals surface area contributed by atoms with Crippen molar-refractivity contribution in [1.82, 2.24) is 4.90 Å². The molecule has 0 saturated heterocycles. The lowest BCUT2D eigenvalue weighted by Crippen LogP contribution is -2.10. The standard InChI is InChI=1S/C11H21N/c1-8(2)9(3)10(4)11(5)12(6)7/h1-7H3/b11-10+. The molecule has 0 fully saturated rings. The lowest BCUT2D eigenvalue weighted by Gasteiger charge is -2.17. The zero-order chi connectivity index (χ0) is 9.89. The highest BCUT2D eigenvalue weighted by Gasteiger charge is 2.01. The molecule has 0 aliphatic rings. The van der Waals surface area contributed by atoms with Crippen molar-refractivity contribution >= 4 is 0 Å². The van der Waals surface area contributed by atoms with Crippen molar-refractivity contribution in [2.75, 3.05) is 14.1 Å². The van der Waals surface area contributed by atoms with Gasteiger partial charge in [-0.25, -0.2) is 0 Å². The molecule has 1 nitrogen and oxygen atoms in total. The molecule has 70 valence electrons. The Morgan fingerprint density at radius 1 is 0.750 bits per heavy atom. The summed E-state index contributed by atoms with van der Waals surface area (Å²) in [4.78, 5) is 2.15. The van der Waals surface area contributed by atoms with Crippen LogP contribution < -0.4 is 0 Å². The summed E-state index contributed by atoms with van der Waals surface area (Å²) >= 11 is 0. The van der Waals surface area contributed by atoms with E-state index in [1.807, 2.05) is 0 Å². The Morgan fingerprint density at radius 3 is 1.42 bits per heavy atom. The van der Waals surface area contributed by atoms with Crippen LogP contribution >= 0.6 is 0 Å². The Balaban J connectivity index is 4.93. The minimum atomic E-state index is 1.34. The minimum absolute atomic E-state index is 1.34. The smallest absolute Gasteiger partial charge is 0.0128 e. The molecule has 0 rings (SSSR count). The molecule has 0 aromatic rings. The average Bonchev–Trinajstić information content (AvgIpc) is 2.00. The number of hydrogen-bond donors (Lipinski definition) is 0. The van der Waals surface area contributed by atoms with Crippen molar-refractivity contribution in [1.29, 1.82) is 0 Å². The van der Waals surface area contributed by atoms with E-state index in [4.69, 9.17) is 0 Å². The Kier molecular flexibility index (Phi) is 4.08. The van der Waals surface area contributed by atoms with Gasteiger partial charge in [0.05, 0.1) is 0 Å². The van der Waals surface area contributed by atoms with Crippen molar-refractivity contribution in [3.63, 3.8) is 0 Å². The lowest BCUT2D eigenvalue weighted by molar-refractivity contribution is 0.508. The maximum Gasteiger partial charge on any atom is 0.0128 e. The second-order valence-electron chi connectivity index (χ2n) is 3.73. The number of rotatable bonds is 2. The summed E-state index contributed by atoms with van der Waals surface area (Å²) in [5.74, 6) is 0. The molecule has 0 bridgehead atoms. The molecule has 0 radical (unpaired) electrons. The zero-order valence-electron chi connectivity index (χ0n) is 9.45. The molecule has 0 aromatic heterocycles. The normalized spacial score (nSPS) is 12.2. The van der Waals surface area contributed by atoms with Crippen LogP contribution in [0.25, 0.3) is 0 Å². The van der Waals surface area contributed by atoms with Crippen LogP contribution in [0.2, 0.25) is 0 Å². The van der Waals surface area contributed by atoms with Gasteiger partial charge < -0.3 is 4.90 Å². The molecule has 0 heterocycles. The highest BCUT2D eigenvalue weighted by molar-refractivity contribution is 5.33. The van der Waals surface area contributed by atoms with Crippen molar-refractivity contribution in [2.45, 2.75) is 34.6 Å². The summed E-state index contributed by atoms with van der Waals surface area (Å²) in [7, 11) is 4.16. The van der Waals surface area contributed by atoms with Crippen LogP contribution in [-0.2, 0) is 0 Å². The molecule has 0 aliphatic heterocycles.